The van der Waals surface area contributed by atoms with Crippen molar-refractivity contribution in [1.29, 1.82) is 0 Å². The zero-order valence-corrected chi connectivity index (χ0v) is 27.7. The van der Waals surface area contributed by atoms with Crippen LogP contribution in [0.2, 0.25) is 0 Å². The van der Waals surface area contributed by atoms with Gasteiger partial charge in [-0.25, -0.2) is 23.7 Å². The Labute approximate surface area is 289 Å². The van der Waals surface area contributed by atoms with Crippen LogP contribution in [0.1, 0.15) is 41.6 Å². The number of carbonyl (C=O) groups is 1. The highest BCUT2D eigenvalue weighted by Crippen LogP contribution is 2.34. The van der Waals surface area contributed by atoms with E-state index in [0.29, 0.717) is 40.0 Å². The molecule has 9 nitrogen and oxygen atoms in total. The molecule has 50 heavy (non-hydrogen) atoms. The molecule has 254 valence electrons. The zero-order chi connectivity index (χ0) is 34.5. The van der Waals surface area contributed by atoms with Crippen molar-refractivity contribution in [3.05, 3.63) is 120 Å². The highest BCUT2D eigenvalue weighted by Gasteiger charge is 2.20. The molecule has 0 bridgehead atoms. The molecule has 1 fully saturated rings. The van der Waals surface area contributed by atoms with E-state index in [1.165, 1.54) is 44.0 Å². The number of anilines is 3. The predicted octanol–water partition coefficient (Wildman–Crippen LogP) is 8.16. The first kappa shape index (κ1) is 32.8. The smallest absolute Gasteiger partial charge is 0.255 e. The number of hydrogen-bond donors (Lipinski definition) is 2. The molecular weight excluding hydrogens is 636 g/mol. The van der Waals surface area contributed by atoms with Crippen molar-refractivity contribution in [2.24, 2.45) is 0 Å². The van der Waals surface area contributed by atoms with E-state index >= 15 is 0 Å². The lowest BCUT2D eigenvalue weighted by atomic mass is 10.0. The number of nitrogens with zero attached hydrogens (tertiary/aromatic N) is 5. The van der Waals surface area contributed by atoms with Crippen LogP contribution in [0.15, 0.2) is 97.3 Å². The Bertz CT molecular complexity index is 2130. The van der Waals surface area contributed by atoms with Gasteiger partial charge in [-0.15, -0.1) is 0 Å². The molecule has 0 atom stereocenters. The molecule has 0 radical (unpaired) electrons. The van der Waals surface area contributed by atoms with Gasteiger partial charge in [-0.3, -0.25) is 9.20 Å². The molecule has 1 aliphatic rings. The number of nitrogens with one attached hydrogen (secondary N) is 2. The van der Waals surface area contributed by atoms with Gasteiger partial charge in [-0.05, 0) is 105 Å². The summed E-state index contributed by atoms with van der Waals surface area (Å²) in [5.74, 6) is -1.30. The second-order valence-electron chi connectivity index (χ2n) is 12.3. The van der Waals surface area contributed by atoms with Gasteiger partial charge in [-0.1, -0.05) is 36.8 Å². The Morgan fingerprint density at radius 3 is 2.54 bits per heavy atom. The number of ether oxygens (including phenoxy) is 1. The average Bonchev–Trinajstić information content (AvgIpc) is 3.54. The third-order valence-electron chi connectivity index (χ3n) is 8.93. The van der Waals surface area contributed by atoms with E-state index in [2.05, 4.69) is 32.7 Å². The number of para-hydroxylation sites is 1. The maximum Gasteiger partial charge on any atom is 0.255 e. The lowest BCUT2D eigenvalue weighted by molar-refractivity contribution is 0.102. The average molecular weight is 674 g/mol. The maximum absolute atomic E-state index is 14.3. The van der Waals surface area contributed by atoms with Crippen LogP contribution in [0.25, 0.3) is 28.3 Å². The highest BCUT2D eigenvalue weighted by atomic mass is 19.1. The Morgan fingerprint density at radius 2 is 1.72 bits per heavy atom. The van der Waals surface area contributed by atoms with E-state index in [1.807, 2.05) is 40.9 Å². The van der Waals surface area contributed by atoms with Crippen molar-refractivity contribution in [2.45, 2.75) is 32.1 Å². The number of fused-ring (bicyclic) bond motifs is 1. The molecule has 0 aliphatic carbocycles. The first-order valence-corrected chi connectivity index (χ1v) is 16.8. The lowest BCUT2D eigenvalue weighted by Crippen LogP contribution is -2.30. The third-order valence-corrected chi connectivity index (χ3v) is 8.93. The number of pyridine rings is 1. The van der Waals surface area contributed by atoms with E-state index in [9.17, 15) is 13.6 Å². The topological polar surface area (TPSA) is 96.7 Å². The summed E-state index contributed by atoms with van der Waals surface area (Å²) >= 11 is 0. The molecule has 6 aromatic rings. The minimum absolute atomic E-state index is 0.209. The van der Waals surface area contributed by atoms with Crippen LogP contribution in [0.5, 0.6) is 5.75 Å². The largest absolute Gasteiger partial charge is 0.495 e. The Balaban J connectivity index is 1.15. The van der Waals surface area contributed by atoms with Gasteiger partial charge < -0.3 is 20.3 Å². The fraction of sp³-hybridized carbons (Fsp3) is 0.231. The van der Waals surface area contributed by atoms with Crippen LogP contribution in [0.4, 0.5) is 26.1 Å². The first-order chi connectivity index (χ1) is 24.5. The standard InChI is InChI=1S/C39H37F2N7O2/c1-50-33-24-26(10-9-22-47-20-4-2-5-21-47)16-17-31(33)43-39-42-19-18-32(44-39)37-35(45-34-15-3-6-23-48(34)37)27-11-7-12-28(25-27)38(49)46-36-29(40)13-8-14-30(36)41/h3,6-8,11-19,23-25H,2,4-5,9-10,20-22H2,1H3,(H,46,49)(H,42,43,44). The number of benzene rings is 3. The van der Waals surface area contributed by atoms with Crippen molar-refractivity contribution in [3.8, 4) is 28.4 Å². The number of aromatic nitrogens is 4. The predicted molar refractivity (Wildman–Crippen MR) is 191 cm³/mol. The van der Waals surface area contributed by atoms with Gasteiger partial charge in [0.25, 0.3) is 5.91 Å². The van der Waals surface area contributed by atoms with E-state index < -0.39 is 23.2 Å². The van der Waals surface area contributed by atoms with Crippen LogP contribution >= 0.6 is 0 Å². The summed E-state index contributed by atoms with van der Waals surface area (Å²) in [7, 11) is 1.65. The summed E-state index contributed by atoms with van der Waals surface area (Å²) < 4.78 is 36.2. The lowest BCUT2D eigenvalue weighted by Gasteiger charge is -2.26. The maximum atomic E-state index is 14.3. The molecule has 3 aromatic heterocycles. The van der Waals surface area contributed by atoms with Gasteiger partial charge in [0.2, 0.25) is 5.95 Å². The van der Waals surface area contributed by atoms with Crippen molar-refractivity contribution in [3.63, 3.8) is 0 Å². The molecule has 1 aliphatic heterocycles. The van der Waals surface area contributed by atoms with Gasteiger partial charge in [0.1, 0.15) is 28.7 Å². The van der Waals surface area contributed by atoms with Crippen LogP contribution in [0.3, 0.4) is 0 Å². The van der Waals surface area contributed by atoms with Crippen molar-refractivity contribution in [1.82, 2.24) is 24.3 Å². The Hall–Kier alpha value is -5.68. The number of rotatable bonds is 11. The summed E-state index contributed by atoms with van der Waals surface area (Å²) in [5.41, 5.74) is 4.79. The number of halogens is 2. The molecule has 2 N–H and O–H groups in total. The van der Waals surface area contributed by atoms with Crippen molar-refractivity contribution in [2.75, 3.05) is 37.4 Å². The molecule has 11 heteroatoms. The number of aryl methyl sites for hydroxylation is 1. The van der Waals surface area contributed by atoms with Gasteiger partial charge >= 0.3 is 0 Å². The second-order valence-corrected chi connectivity index (χ2v) is 12.3. The van der Waals surface area contributed by atoms with Gasteiger partial charge in [0.05, 0.1) is 29.9 Å². The van der Waals surface area contributed by atoms with Crippen LogP contribution in [0, 0.1) is 11.6 Å². The van der Waals surface area contributed by atoms with Gasteiger partial charge in [0, 0.05) is 23.5 Å². The molecule has 1 amide bonds. The SMILES string of the molecule is COc1cc(CCCN2CCCCC2)ccc1Nc1nccc(-c2c(-c3cccc(C(=O)Nc4c(F)cccc4F)c3)nc3ccccn23)n1. The molecule has 3 aromatic carbocycles. The van der Waals surface area contributed by atoms with E-state index in [4.69, 9.17) is 14.7 Å². The van der Waals surface area contributed by atoms with Crippen molar-refractivity contribution >= 4 is 28.9 Å². The summed E-state index contributed by atoms with van der Waals surface area (Å²) in [5, 5.41) is 5.68. The molecule has 0 unspecified atom stereocenters. The number of hydrogen-bond acceptors (Lipinski definition) is 7. The number of imidazole rings is 1. The minimum atomic E-state index is -0.859. The van der Waals surface area contributed by atoms with Crippen molar-refractivity contribution < 1.29 is 18.3 Å². The number of amides is 1. The van der Waals surface area contributed by atoms with Crippen LogP contribution in [-0.4, -0.2) is 56.9 Å². The summed E-state index contributed by atoms with van der Waals surface area (Å²) in [6, 6.07) is 23.8. The Kier molecular flexibility index (Phi) is 9.75. The quantitative estimate of drug-likeness (QED) is 0.143. The number of likely N-dealkylation sites (tertiary alicyclic amines) is 1. The number of methoxy groups -OCH3 is 1. The van der Waals surface area contributed by atoms with Crippen LogP contribution < -0.4 is 15.4 Å². The second kappa shape index (κ2) is 14.8. The van der Waals surface area contributed by atoms with E-state index in [0.717, 1.165) is 37.2 Å². The molecule has 0 spiro atoms. The molecule has 4 heterocycles. The third kappa shape index (κ3) is 7.18. The summed E-state index contributed by atoms with van der Waals surface area (Å²) in [4.78, 5) is 29.9. The molecule has 1 saturated heterocycles. The van der Waals surface area contributed by atoms with Gasteiger partial charge in [-0.2, -0.15) is 0 Å². The fourth-order valence-electron chi connectivity index (χ4n) is 6.41. The fourth-order valence-corrected chi connectivity index (χ4v) is 6.41. The first-order valence-electron chi connectivity index (χ1n) is 16.8. The minimum Gasteiger partial charge on any atom is -0.495 e. The number of carbonyl (C=O) groups excluding carboxylic acids is 1. The van der Waals surface area contributed by atoms with E-state index in [1.54, 1.807) is 37.6 Å². The highest BCUT2D eigenvalue weighted by molar-refractivity contribution is 6.05. The normalized spacial score (nSPS) is 13.3. The molecular formula is C39H37F2N7O2. The molecule has 0 saturated carbocycles. The molecule has 7 rings (SSSR count). The number of piperidine rings is 1. The monoisotopic (exact) mass is 673 g/mol. The van der Waals surface area contributed by atoms with Crippen LogP contribution in [-0.2, 0) is 6.42 Å². The Morgan fingerprint density at radius 1 is 0.900 bits per heavy atom. The zero-order valence-electron chi connectivity index (χ0n) is 27.7. The van der Waals surface area contributed by atoms with E-state index in [-0.39, 0.29) is 5.56 Å². The summed E-state index contributed by atoms with van der Waals surface area (Å²) in [6.45, 7) is 3.51. The van der Waals surface area contributed by atoms with Gasteiger partial charge in [0.15, 0.2) is 0 Å². The summed E-state index contributed by atoms with van der Waals surface area (Å²) in [6.07, 6.45) is 9.56.